The summed E-state index contributed by atoms with van der Waals surface area (Å²) >= 11 is 0. The van der Waals surface area contributed by atoms with E-state index in [1.165, 1.54) is 19.1 Å². The molecule has 2 N–H and O–H groups in total. The lowest BCUT2D eigenvalue weighted by molar-refractivity contribution is -0.147. The van der Waals surface area contributed by atoms with Crippen molar-refractivity contribution in [2.75, 3.05) is 50.7 Å². The summed E-state index contributed by atoms with van der Waals surface area (Å²) in [5.74, 6) is -0.176. The van der Waals surface area contributed by atoms with Crippen molar-refractivity contribution in [2.24, 2.45) is 5.41 Å². The molecule has 5 rings (SSSR count). The minimum Gasteiger partial charge on any atom is -0.369 e. The fourth-order valence-corrected chi connectivity index (χ4v) is 7.10. The fraction of sp³-hybridized carbons (Fsp3) is 0.690. The van der Waals surface area contributed by atoms with Gasteiger partial charge >= 0.3 is 0 Å². The van der Waals surface area contributed by atoms with Crippen LogP contribution in [-0.4, -0.2) is 84.9 Å². The van der Waals surface area contributed by atoms with Gasteiger partial charge in [-0.25, -0.2) is 4.39 Å². The summed E-state index contributed by atoms with van der Waals surface area (Å²) in [6.45, 7) is 7.32. The Morgan fingerprint density at radius 3 is 2.26 bits per heavy atom. The van der Waals surface area contributed by atoms with E-state index in [9.17, 15) is 18.8 Å². The van der Waals surface area contributed by atoms with Crippen LogP contribution in [0.3, 0.4) is 0 Å². The molecule has 0 bridgehead atoms. The summed E-state index contributed by atoms with van der Waals surface area (Å²) in [7, 11) is 0. The molecule has 4 fully saturated rings. The van der Waals surface area contributed by atoms with Crippen molar-refractivity contribution in [3.8, 4) is 0 Å². The first kappa shape index (κ1) is 26.9. The number of piperazine rings is 1. The van der Waals surface area contributed by atoms with Crippen molar-refractivity contribution in [2.45, 2.75) is 76.3 Å². The number of hydrogen-bond acceptors (Lipinski definition) is 5. The lowest BCUT2D eigenvalue weighted by Gasteiger charge is -2.44. The predicted octanol–water partition coefficient (Wildman–Crippen LogP) is 2.67. The molecule has 1 atom stereocenters. The summed E-state index contributed by atoms with van der Waals surface area (Å²) in [4.78, 5) is 45.2. The highest BCUT2D eigenvalue weighted by atomic mass is 19.1. The van der Waals surface area contributed by atoms with Crippen LogP contribution in [-0.2, 0) is 14.4 Å². The molecule has 1 aromatic rings. The summed E-state index contributed by atoms with van der Waals surface area (Å²) in [6, 6.07) is 6.87. The van der Waals surface area contributed by atoms with E-state index in [-0.39, 0.29) is 35.0 Å². The van der Waals surface area contributed by atoms with Gasteiger partial charge in [-0.05, 0) is 62.8 Å². The van der Waals surface area contributed by atoms with E-state index in [4.69, 9.17) is 0 Å². The average Bonchev–Trinajstić information content (AvgIpc) is 3.22. The number of carbonyl (C=O) groups excluding carboxylic acids is 3. The SMILES string of the molecule is CC(=O)NC1(C(=O)N2CCC3(CC2)C[C@H](CCN2CCN(c4ccc(F)cc4)CC2)NC3=O)CCCCC1. The third kappa shape index (κ3) is 5.67. The fourth-order valence-electron chi connectivity index (χ4n) is 7.10. The van der Waals surface area contributed by atoms with Gasteiger partial charge in [-0.2, -0.15) is 0 Å². The number of nitrogens with zero attached hydrogens (tertiary/aromatic N) is 3. The molecule has 3 amide bonds. The monoisotopic (exact) mass is 527 g/mol. The first-order chi connectivity index (χ1) is 18.3. The molecule has 3 heterocycles. The Bertz CT molecular complexity index is 1010. The average molecular weight is 528 g/mol. The minimum atomic E-state index is -0.768. The third-order valence-electron chi connectivity index (χ3n) is 9.35. The highest BCUT2D eigenvalue weighted by Gasteiger charge is 2.51. The lowest BCUT2D eigenvalue weighted by atomic mass is 9.74. The van der Waals surface area contributed by atoms with Crippen molar-refractivity contribution in [1.29, 1.82) is 0 Å². The Balaban J connectivity index is 1.09. The normalized spacial score (nSPS) is 25.3. The Kier molecular flexibility index (Phi) is 7.93. The predicted molar refractivity (Wildman–Crippen MR) is 144 cm³/mol. The maximum atomic E-state index is 13.6. The molecule has 208 valence electrons. The number of likely N-dealkylation sites (tertiary alicyclic amines) is 1. The highest BCUT2D eigenvalue weighted by Crippen LogP contribution is 2.42. The van der Waals surface area contributed by atoms with E-state index in [1.807, 2.05) is 17.0 Å². The van der Waals surface area contributed by atoms with E-state index in [1.54, 1.807) is 0 Å². The topological polar surface area (TPSA) is 85.0 Å². The Morgan fingerprint density at radius 1 is 0.974 bits per heavy atom. The number of rotatable bonds is 6. The lowest BCUT2D eigenvalue weighted by Crippen LogP contribution is -2.61. The zero-order valence-corrected chi connectivity index (χ0v) is 22.6. The van der Waals surface area contributed by atoms with E-state index in [0.717, 1.165) is 70.5 Å². The second kappa shape index (κ2) is 11.2. The van der Waals surface area contributed by atoms with Crippen molar-refractivity contribution in [1.82, 2.24) is 20.4 Å². The van der Waals surface area contributed by atoms with Gasteiger partial charge in [0.1, 0.15) is 11.4 Å². The van der Waals surface area contributed by atoms with Crippen LogP contribution in [0.4, 0.5) is 10.1 Å². The number of halogens is 1. The van der Waals surface area contributed by atoms with Gasteiger partial charge in [-0.1, -0.05) is 19.3 Å². The molecular formula is C29H42FN5O3. The minimum absolute atomic E-state index is 0.0389. The Hall–Kier alpha value is -2.68. The van der Waals surface area contributed by atoms with Gasteiger partial charge < -0.3 is 20.4 Å². The van der Waals surface area contributed by atoms with Crippen LogP contribution in [0.1, 0.15) is 64.7 Å². The van der Waals surface area contributed by atoms with Gasteiger partial charge in [-0.3, -0.25) is 19.3 Å². The second-order valence-corrected chi connectivity index (χ2v) is 11.9. The Morgan fingerprint density at radius 2 is 1.63 bits per heavy atom. The molecule has 9 heteroatoms. The van der Waals surface area contributed by atoms with Gasteiger partial charge in [0.05, 0.1) is 5.41 Å². The number of nitrogens with one attached hydrogen (secondary N) is 2. The van der Waals surface area contributed by atoms with Gasteiger partial charge in [0.2, 0.25) is 17.7 Å². The van der Waals surface area contributed by atoms with Crippen molar-refractivity contribution < 1.29 is 18.8 Å². The molecule has 4 aliphatic rings. The van der Waals surface area contributed by atoms with Gasteiger partial charge in [0, 0.05) is 64.5 Å². The standard InChI is InChI=1S/C29H42FN5O3/c1-22(36)32-29(10-3-2-4-11-29)27(38)35-15-12-28(13-16-35)21-24(31-26(28)37)9-14-33-17-19-34(20-18-33)25-7-5-23(30)6-8-25/h5-8,24H,2-4,9-21H2,1H3,(H,31,37)(H,32,36)/t24-/m0/s1. The molecule has 38 heavy (non-hydrogen) atoms. The van der Waals surface area contributed by atoms with Crippen LogP contribution < -0.4 is 15.5 Å². The molecule has 0 unspecified atom stereocenters. The number of piperidine rings is 1. The van der Waals surface area contributed by atoms with Gasteiger partial charge in [-0.15, -0.1) is 0 Å². The Labute approximate surface area is 225 Å². The molecule has 3 saturated heterocycles. The molecular weight excluding hydrogens is 485 g/mol. The quantitative estimate of drug-likeness (QED) is 0.594. The molecule has 1 aromatic carbocycles. The van der Waals surface area contributed by atoms with E-state index in [2.05, 4.69) is 20.4 Å². The number of anilines is 1. The number of carbonyl (C=O) groups is 3. The molecule has 8 nitrogen and oxygen atoms in total. The van der Waals surface area contributed by atoms with Crippen molar-refractivity contribution >= 4 is 23.4 Å². The maximum Gasteiger partial charge on any atom is 0.248 e. The van der Waals surface area contributed by atoms with Crippen LogP contribution in [0, 0.1) is 11.2 Å². The van der Waals surface area contributed by atoms with Crippen LogP contribution in [0.5, 0.6) is 0 Å². The van der Waals surface area contributed by atoms with Crippen LogP contribution in [0.2, 0.25) is 0 Å². The first-order valence-corrected chi connectivity index (χ1v) is 14.4. The zero-order valence-electron chi connectivity index (χ0n) is 22.6. The highest BCUT2D eigenvalue weighted by molar-refractivity contribution is 5.91. The molecule has 0 aromatic heterocycles. The van der Waals surface area contributed by atoms with E-state index in [0.29, 0.717) is 38.8 Å². The molecule has 1 saturated carbocycles. The maximum absolute atomic E-state index is 13.6. The molecule has 0 radical (unpaired) electrons. The van der Waals surface area contributed by atoms with E-state index >= 15 is 0 Å². The van der Waals surface area contributed by atoms with Crippen molar-refractivity contribution in [3.05, 3.63) is 30.1 Å². The largest absolute Gasteiger partial charge is 0.369 e. The first-order valence-electron chi connectivity index (χ1n) is 14.4. The second-order valence-electron chi connectivity index (χ2n) is 11.9. The van der Waals surface area contributed by atoms with Crippen LogP contribution >= 0.6 is 0 Å². The van der Waals surface area contributed by atoms with Crippen LogP contribution in [0.15, 0.2) is 24.3 Å². The summed E-state index contributed by atoms with van der Waals surface area (Å²) < 4.78 is 13.2. The number of benzene rings is 1. The molecule has 1 spiro atoms. The zero-order chi connectivity index (χ0) is 26.8. The van der Waals surface area contributed by atoms with Gasteiger partial charge in [0.15, 0.2) is 0 Å². The van der Waals surface area contributed by atoms with E-state index < -0.39 is 5.54 Å². The molecule has 1 aliphatic carbocycles. The summed E-state index contributed by atoms with van der Waals surface area (Å²) in [5, 5.41) is 6.26. The summed E-state index contributed by atoms with van der Waals surface area (Å²) in [6.07, 6.45) is 7.55. The smallest absolute Gasteiger partial charge is 0.248 e. The molecule has 3 aliphatic heterocycles. The van der Waals surface area contributed by atoms with Crippen molar-refractivity contribution in [3.63, 3.8) is 0 Å². The van der Waals surface area contributed by atoms with Gasteiger partial charge in [0.25, 0.3) is 0 Å². The number of amides is 3. The third-order valence-corrected chi connectivity index (χ3v) is 9.35. The summed E-state index contributed by atoms with van der Waals surface area (Å²) in [5.41, 5.74) is -0.0842. The van der Waals surface area contributed by atoms with Crippen LogP contribution in [0.25, 0.3) is 0 Å². The number of hydrogen-bond donors (Lipinski definition) is 2.